The SMILES string of the molecule is C[C@@H]1O[C@@H](OC[C@@H]2[C@H](O)[C@H](Oc3c(-c4ccc(O)c(O)c4)oc4cc(O)cc(O)c4c3=O)O[C@H](O)[C@H]2O)[C@H](O)[C@H](O)[C@H]1O. The Balaban J connectivity index is 1.48. The molecular formula is C27H30O16. The highest BCUT2D eigenvalue weighted by Gasteiger charge is 2.48. The maximum atomic E-state index is 13.6. The minimum absolute atomic E-state index is 0.0313. The van der Waals surface area contributed by atoms with Crippen LogP contribution in [0.15, 0.2) is 39.5 Å². The predicted molar refractivity (Wildman–Crippen MR) is 140 cm³/mol. The Labute approximate surface area is 241 Å². The molecule has 2 aliphatic rings. The lowest BCUT2D eigenvalue weighted by atomic mass is 9.93. The van der Waals surface area contributed by atoms with Gasteiger partial charge in [-0.3, -0.25) is 4.79 Å². The summed E-state index contributed by atoms with van der Waals surface area (Å²) in [7, 11) is 0. The molecule has 0 saturated carbocycles. The van der Waals surface area contributed by atoms with Gasteiger partial charge in [-0.2, -0.15) is 0 Å². The Hall–Kier alpha value is -3.71. The van der Waals surface area contributed by atoms with E-state index in [0.29, 0.717) is 0 Å². The van der Waals surface area contributed by atoms with Crippen molar-refractivity contribution >= 4 is 11.0 Å². The summed E-state index contributed by atoms with van der Waals surface area (Å²) in [6.45, 7) is 0.812. The van der Waals surface area contributed by atoms with Gasteiger partial charge in [-0.1, -0.05) is 0 Å². The van der Waals surface area contributed by atoms with Gasteiger partial charge in [0.25, 0.3) is 0 Å². The molecule has 10 atom stereocenters. The first-order chi connectivity index (χ1) is 20.3. The molecule has 10 N–H and O–H groups in total. The third kappa shape index (κ3) is 5.67. The number of aromatic hydroxyl groups is 4. The van der Waals surface area contributed by atoms with Crippen LogP contribution in [-0.4, -0.2) is 113 Å². The molecule has 3 aromatic rings. The van der Waals surface area contributed by atoms with Gasteiger partial charge >= 0.3 is 0 Å². The largest absolute Gasteiger partial charge is 0.508 e. The van der Waals surface area contributed by atoms with Crippen molar-refractivity contribution in [2.24, 2.45) is 5.92 Å². The van der Waals surface area contributed by atoms with Crippen molar-refractivity contribution < 1.29 is 74.4 Å². The van der Waals surface area contributed by atoms with Gasteiger partial charge in [-0.05, 0) is 25.1 Å². The van der Waals surface area contributed by atoms with Crippen LogP contribution in [0, 0.1) is 5.92 Å². The van der Waals surface area contributed by atoms with E-state index in [4.69, 9.17) is 23.4 Å². The minimum Gasteiger partial charge on any atom is -0.508 e. The Morgan fingerprint density at radius 3 is 2.19 bits per heavy atom. The van der Waals surface area contributed by atoms with Crippen LogP contribution in [-0.2, 0) is 14.2 Å². The summed E-state index contributed by atoms with van der Waals surface area (Å²) in [5.74, 6) is -4.73. The standard InChI is InChI=1S/C27H30O16/c1-8-17(32)21(36)22(37)26(40-8)39-7-11-18(33)25(38)43-27(19(11)34)42-24-20(35)16-14(31)5-10(28)6-15(16)41-23(24)9-2-3-12(29)13(30)4-9/h2-6,8,11,17-19,21-22,25-34,36-38H,7H2,1H3/t8-,11-,17-,18-,19-,21+,22+,25-,26+,27+/m0/s1. The molecular weight excluding hydrogens is 580 g/mol. The van der Waals surface area contributed by atoms with Crippen LogP contribution < -0.4 is 10.2 Å². The van der Waals surface area contributed by atoms with Crippen molar-refractivity contribution in [1.29, 1.82) is 0 Å². The molecule has 43 heavy (non-hydrogen) atoms. The quantitative estimate of drug-likeness (QED) is 0.143. The summed E-state index contributed by atoms with van der Waals surface area (Å²) in [5, 5.41) is 102. The van der Waals surface area contributed by atoms with Crippen LogP contribution in [0.4, 0.5) is 0 Å². The highest BCUT2D eigenvalue weighted by molar-refractivity contribution is 5.88. The lowest BCUT2D eigenvalue weighted by Gasteiger charge is -2.42. The molecule has 5 rings (SSSR count). The number of rotatable bonds is 6. The topological polar surface area (TPSA) is 269 Å². The second-order valence-electron chi connectivity index (χ2n) is 10.3. The van der Waals surface area contributed by atoms with Crippen LogP contribution in [0.1, 0.15) is 6.92 Å². The van der Waals surface area contributed by atoms with Crippen molar-refractivity contribution in [2.45, 2.75) is 62.4 Å². The maximum Gasteiger partial charge on any atom is 0.239 e. The van der Waals surface area contributed by atoms with Crippen molar-refractivity contribution in [2.75, 3.05) is 6.61 Å². The van der Waals surface area contributed by atoms with E-state index < -0.39 is 113 Å². The summed E-state index contributed by atoms with van der Waals surface area (Å²) in [6, 6.07) is 5.24. The summed E-state index contributed by atoms with van der Waals surface area (Å²) in [5.41, 5.74) is -1.35. The molecule has 234 valence electrons. The average Bonchev–Trinajstić information content (AvgIpc) is 2.95. The summed E-state index contributed by atoms with van der Waals surface area (Å²) in [6.07, 6.45) is -14.7. The lowest BCUT2D eigenvalue weighted by Crippen LogP contribution is -2.60. The zero-order valence-electron chi connectivity index (χ0n) is 22.3. The molecule has 2 fully saturated rings. The Kier molecular flexibility index (Phi) is 8.41. The molecule has 2 aliphatic heterocycles. The number of benzene rings is 2. The average molecular weight is 611 g/mol. The summed E-state index contributed by atoms with van der Waals surface area (Å²) in [4.78, 5) is 13.6. The number of ether oxygens (including phenoxy) is 4. The van der Waals surface area contributed by atoms with Gasteiger partial charge in [0, 0.05) is 23.6 Å². The Morgan fingerprint density at radius 2 is 1.49 bits per heavy atom. The lowest BCUT2D eigenvalue weighted by molar-refractivity contribution is -0.332. The monoisotopic (exact) mass is 610 g/mol. The fraction of sp³-hybridized carbons (Fsp3) is 0.444. The van der Waals surface area contributed by atoms with Gasteiger partial charge in [-0.15, -0.1) is 0 Å². The van der Waals surface area contributed by atoms with Crippen molar-refractivity contribution in [3.8, 4) is 40.1 Å². The van der Waals surface area contributed by atoms with Gasteiger partial charge in [-0.25, -0.2) is 0 Å². The Bertz CT molecular complexity index is 1540. The maximum absolute atomic E-state index is 13.6. The summed E-state index contributed by atoms with van der Waals surface area (Å²) < 4.78 is 27.4. The summed E-state index contributed by atoms with van der Waals surface area (Å²) >= 11 is 0. The zero-order chi connectivity index (χ0) is 31.3. The van der Waals surface area contributed by atoms with E-state index in [9.17, 15) is 55.9 Å². The van der Waals surface area contributed by atoms with E-state index in [-0.39, 0.29) is 11.1 Å². The van der Waals surface area contributed by atoms with Gasteiger partial charge < -0.3 is 74.4 Å². The molecule has 0 bridgehead atoms. The van der Waals surface area contributed by atoms with Crippen LogP contribution in [0.2, 0.25) is 0 Å². The first-order valence-corrected chi connectivity index (χ1v) is 13.0. The van der Waals surface area contributed by atoms with Crippen molar-refractivity contribution in [1.82, 2.24) is 0 Å². The van der Waals surface area contributed by atoms with E-state index in [0.717, 1.165) is 24.3 Å². The highest BCUT2D eigenvalue weighted by Crippen LogP contribution is 2.40. The van der Waals surface area contributed by atoms with E-state index in [1.54, 1.807) is 0 Å². The third-order valence-electron chi connectivity index (χ3n) is 7.37. The second-order valence-corrected chi connectivity index (χ2v) is 10.3. The second kappa shape index (κ2) is 11.8. The smallest absolute Gasteiger partial charge is 0.239 e. The molecule has 2 saturated heterocycles. The molecule has 16 heteroatoms. The highest BCUT2D eigenvalue weighted by atomic mass is 16.7. The number of aliphatic hydroxyl groups excluding tert-OH is 6. The molecule has 1 aromatic heterocycles. The molecule has 0 spiro atoms. The van der Waals surface area contributed by atoms with Crippen LogP contribution >= 0.6 is 0 Å². The van der Waals surface area contributed by atoms with Crippen LogP contribution in [0.5, 0.6) is 28.7 Å². The molecule has 3 heterocycles. The van der Waals surface area contributed by atoms with Crippen molar-refractivity contribution in [3.05, 3.63) is 40.6 Å². The van der Waals surface area contributed by atoms with Gasteiger partial charge in [0.2, 0.25) is 17.5 Å². The van der Waals surface area contributed by atoms with Crippen LogP contribution in [0.25, 0.3) is 22.3 Å². The molecule has 0 unspecified atom stereocenters. The third-order valence-corrected chi connectivity index (χ3v) is 7.37. The fourth-order valence-electron chi connectivity index (χ4n) is 4.91. The fourth-order valence-corrected chi connectivity index (χ4v) is 4.91. The molecule has 0 amide bonds. The number of aliphatic hydroxyl groups is 6. The zero-order valence-corrected chi connectivity index (χ0v) is 22.3. The van der Waals surface area contributed by atoms with E-state index in [1.807, 2.05) is 0 Å². The first kappa shape index (κ1) is 30.7. The first-order valence-electron chi connectivity index (χ1n) is 13.0. The van der Waals surface area contributed by atoms with E-state index >= 15 is 0 Å². The normalized spacial score (nSPS) is 33.0. The van der Waals surface area contributed by atoms with Gasteiger partial charge in [0.15, 0.2) is 29.8 Å². The molecule has 16 nitrogen and oxygen atoms in total. The number of hydrogen-bond donors (Lipinski definition) is 10. The number of fused-ring (bicyclic) bond motifs is 1. The van der Waals surface area contributed by atoms with E-state index in [2.05, 4.69) is 0 Å². The molecule has 0 radical (unpaired) electrons. The van der Waals surface area contributed by atoms with Gasteiger partial charge in [0.1, 0.15) is 53.0 Å². The number of hydrogen-bond acceptors (Lipinski definition) is 16. The van der Waals surface area contributed by atoms with Gasteiger partial charge in [0.05, 0.1) is 12.7 Å². The molecule has 0 aliphatic carbocycles. The van der Waals surface area contributed by atoms with Crippen LogP contribution in [0.3, 0.4) is 0 Å². The van der Waals surface area contributed by atoms with Crippen molar-refractivity contribution in [3.63, 3.8) is 0 Å². The number of phenolic OH excluding ortho intramolecular Hbond substituents is 4. The Morgan fingerprint density at radius 1 is 0.767 bits per heavy atom. The van der Waals surface area contributed by atoms with E-state index in [1.165, 1.54) is 13.0 Å². The number of phenols is 4. The minimum atomic E-state index is -2.00. The molecule has 2 aromatic carbocycles. The predicted octanol–water partition coefficient (Wildman–Crippen LogP) is -1.48.